The standard InChI is InChI=1S/C18H16ClNO3/c19-15-5-1-13(2-6-15)4-8-18(21)20-12-14-3-7-16-17(11-14)23-10-9-22-16/h1-8,11H,9-10,12H2,(H,20,21)/b8-4+. The highest BCUT2D eigenvalue weighted by Crippen LogP contribution is 2.30. The van der Waals surface area contributed by atoms with Crippen molar-refractivity contribution < 1.29 is 14.3 Å². The number of carbonyl (C=O) groups excluding carboxylic acids is 1. The highest BCUT2D eigenvalue weighted by Gasteiger charge is 2.11. The lowest BCUT2D eigenvalue weighted by Crippen LogP contribution is -2.20. The molecule has 5 heteroatoms. The Balaban J connectivity index is 1.55. The molecule has 0 atom stereocenters. The Morgan fingerprint density at radius 2 is 1.83 bits per heavy atom. The summed E-state index contributed by atoms with van der Waals surface area (Å²) in [5, 5.41) is 3.51. The van der Waals surface area contributed by atoms with Crippen LogP contribution in [0.2, 0.25) is 5.02 Å². The van der Waals surface area contributed by atoms with E-state index >= 15 is 0 Å². The van der Waals surface area contributed by atoms with Crippen LogP contribution in [0, 0.1) is 0 Å². The van der Waals surface area contributed by atoms with Crippen molar-refractivity contribution in [1.29, 1.82) is 0 Å². The van der Waals surface area contributed by atoms with Gasteiger partial charge < -0.3 is 14.8 Å². The van der Waals surface area contributed by atoms with Crippen LogP contribution in [0.15, 0.2) is 48.5 Å². The quantitative estimate of drug-likeness (QED) is 0.874. The molecule has 23 heavy (non-hydrogen) atoms. The van der Waals surface area contributed by atoms with Crippen LogP contribution in [0.25, 0.3) is 6.08 Å². The molecule has 118 valence electrons. The lowest BCUT2D eigenvalue weighted by Gasteiger charge is -2.18. The van der Waals surface area contributed by atoms with E-state index in [0.717, 1.165) is 22.6 Å². The molecule has 0 bridgehead atoms. The Kier molecular flexibility index (Phi) is 4.83. The Hall–Kier alpha value is -2.46. The first-order chi connectivity index (χ1) is 11.2. The van der Waals surface area contributed by atoms with Crippen molar-refractivity contribution in [3.8, 4) is 11.5 Å². The SMILES string of the molecule is O=C(/C=C/c1ccc(Cl)cc1)NCc1ccc2c(c1)OCCO2. The fourth-order valence-electron chi connectivity index (χ4n) is 2.19. The van der Waals surface area contributed by atoms with Gasteiger partial charge in [-0.15, -0.1) is 0 Å². The van der Waals surface area contributed by atoms with Gasteiger partial charge >= 0.3 is 0 Å². The zero-order valence-electron chi connectivity index (χ0n) is 12.4. The van der Waals surface area contributed by atoms with Crippen molar-refractivity contribution in [3.63, 3.8) is 0 Å². The van der Waals surface area contributed by atoms with Gasteiger partial charge in [-0.3, -0.25) is 4.79 Å². The first kappa shape index (κ1) is 15.4. The molecule has 1 aliphatic rings. The number of amides is 1. The van der Waals surface area contributed by atoms with Gasteiger partial charge in [0.05, 0.1) is 0 Å². The summed E-state index contributed by atoms with van der Waals surface area (Å²) in [7, 11) is 0. The first-order valence-electron chi connectivity index (χ1n) is 7.31. The molecule has 0 saturated heterocycles. The number of fused-ring (bicyclic) bond motifs is 1. The Morgan fingerprint density at radius 3 is 2.61 bits per heavy atom. The topological polar surface area (TPSA) is 47.6 Å². The van der Waals surface area contributed by atoms with Crippen molar-refractivity contribution in [2.45, 2.75) is 6.54 Å². The van der Waals surface area contributed by atoms with Gasteiger partial charge in [-0.25, -0.2) is 0 Å². The number of ether oxygens (including phenoxy) is 2. The molecular formula is C18H16ClNO3. The van der Waals surface area contributed by atoms with Gasteiger partial charge in [0.2, 0.25) is 5.91 Å². The number of benzene rings is 2. The molecular weight excluding hydrogens is 314 g/mol. The van der Waals surface area contributed by atoms with E-state index in [9.17, 15) is 4.79 Å². The number of nitrogens with one attached hydrogen (secondary N) is 1. The van der Waals surface area contributed by atoms with E-state index in [2.05, 4.69) is 5.32 Å². The minimum atomic E-state index is -0.158. The monoisotopic (exact) mass is 329 g/mol. The van der Waals surface area contributed by atoms with E-state index in [1.807, 2.05) is 30.3 Å². The van der Waals surface area contributed by atoms with Gasteiger partial charge in [0.1, 0.15) is 13.2 Å². The van der Waals surface area contributed by atoms with Crippen LogP contribution in [0.4, 0.5) is 0 Å². The van der Waals surface area contributed by atoms with Crippen molar-refractivity contribution in [2.24, 2.45) is 0 Å². The molecule has 1 amide bonds. The van der Waals surface area contributed by atoms with Crippen LogP contribution < -0.4 is 14.8 Å². The van der Waals surface area contributed by atoms with E-state index in [1.54, 1.807) is 18.2 Å². The van der Waals surface area contributed by atoms with Crippen LogP contribution in [0.5, 0.6) is 11.5 Å². The van der Waals surface area contributed by atoms with Gasteiger partial charge in [0.25, 0.3) is 0 Å². The van der Waals surface area contributed by atoms with Crippen molar-refractivity contribution in [1.82, 2.24) is 5.32 Å². The number of carbonyl (C=O) groups is 1. The van der Waals surface area contributed by atoms with Gasteiger partial charge in [-0.1, -0.05) is 29.8 Å². The molecule has 0 unspecified atom stereocenters. The average molecular weight is 330 g/mol. The lowest BCUT2D eigenvalue weighted by molar-refractivity contribution is -0.116. The zero-order chi connectivity index (χ0) is 16.1. The summed E-state index contributed by atoms with van der Waals surface area (Å²) in [5.41, 5.74) is 1.88. The molecule has 2 aromatic carbocycles. The molecule has 2 aromatic rings. The fraction of sp³-hybridized carbons (Fsp3) is 0.167. The minimum Gasteiger partial charge on any atom is -0.486 e. The third-order valence-electron chi connectivity index (χ3n) is 3.37. The maximum absolute atomic E-state index is 11.9. The summed E-state index contributed by atoms with van der Waals surface area (Å²) in [5.74, 6) is 1.31. The molecule has 0 saturated carbocycles. The van der Waals surface area contributed by atoms with E-state index in [-0.39, 0.29) is 5.91 Å². The van der Waals surface area contributed by atoms with Gasteiger partial charge in [0.15, 0.2) is 11.5 Å². The normalized spacial score (nSPS) is 13.1. The summed E-state index contributed by atoms with van der Waals surface area (Å²) in [4.78, 5) is 11.9. The molecule has 3 rings (SSSR count). The highest BCUT2D eigenvalue weighted by molar-refractivity contribution is 6.30. The zero-order valence-corrected chi connectivity index (χ0v) is 13.2. The second-order valence-electron chi connectivity index (χ2n) is 5.08. The Morgan fingerprint density at radius 1 is 1.09 bits per heavy atom. The molecule has 0 aromatic heterocycles. The van der Waals surface area contributed by atoms with E-state index in [1.165, 1.54) is 6.08 Å². The smallest absolute Gasteiger partial charge is 0.244 e. The van der Waals surface area contributed by atoms with Crippen LogP contribution in [0.1, 0.15) is 11.1 Å². The Labute approximate surface area is 139 Å². The molecule has 4 nitrogen and oxygen atoms in total. The van der Waals surface area contributed by atoms with Crippen LogP contribution in [-0.2, 0) is 11.3 Å². The van der Waals surface area contributed by atoms with E-state index in [0.29, 0.717) is 24.8 Å². The average Bonchev–Trinajstić information content (AvgIpc) is 2.59. The number of hydrogen-bond donors (Lipinski definition) is 1. The van der Waals surface area contributed by atoms with Gasteiger partial charge in [-0.2, -0.15) is 0 Å². The summed E-state index contributed by atoms with van der Waals surface area (Å²) in [6, 6.07) is 12.9. The van der Waals surface area contributed by atoms with Crippen LogP contribution in [-0.4, -0.2) is 19.1 Å². The first-order valence-corrected chi connectivity index (χ1v) is 7.68. The summed E-state index contributed by atoms with van der Waals surface area (Å²) in [6.45, 7) is 1.55. The second kappa shape index (κ2) is 7.20. The van der Waals surface area contributed by atoms with Crippen LogP contribution in [0.3, 0.4) is 0 Å². The second-order valence-corrected chi connectivity index (χ2v) is 5.52. The molecule has 0 fully saturated rings. The Bertz CT molecular complexity index is 726. The molecule has 0 spiro atoms. The summed E-state index contributed by atoms with van der Waals surface area (Å²) < 4.78 is 11.0. The summed E-state index contributed by atoms with van der Waals surface area (Å²) >= 11 is 5.82. The van der Waals surface area contributed by atoms with Gasteiger partial charge in [-0.05, 0) is 41.5 Å². The molecule has 1 N–H and O–H groups in total. The fourth-order valence-corrected chi connectivity index (χ4v) is 2.32. The maximum atomic E-state index is 11.9. The summed E-state index contributed by atoms with van der Waals surface area (Å²) in [6.07, 6.45) is 3.25. The van der Waals surface area contributed by atoms with E-state index in [4.69, 9.17) is 21.1 Å². The van der Waals surface area contributed by atoms with Crippen LogP contribution >= 0.6 is 11.6 Å². The molecule has 0 aliphatic carbocycles. The largest absolute Gasteiger partial charge is 0.486 e. The van der Waals surface area contributed by atoms with Gasteiger partial charge in [0, 0.05) is 17.6 Å². The molecule has 1 aliphatic heterocycles. The predicted molar refractivity (Wildman–Crippen MR) is 89.8 cm³/mol. The minimum absolute atomic E-state index is 0.158. The van der Waals surface area contributed by atoms with Crippen molar-refractivity contribution in [2.75, 3.05) is 13.2 Å². The third kappa shape index (κ3) is 4.27. The number of hydrogen-bond acceptors (Lipinski definition) is 3. The highest BCUT2D eigenvalue weighted by atomic mass is 35.5. The number of halogens is 1. The van der Waals surface area contributed by atoms with Crippen molar-refractivity contribution in [3.05, 3.63) is 64.7 Å². The van der Waals surface area contributed by atoms with Crippen molar-refractivity contribution >= 4 is 23.6 Å². The molecule has 0 radical (unpaired) electrons. The third-order valence-corrected chi connectivity index (χ3v) is 3.62. The maximum Gasteiger partial charge on any atom is 0.244 e. The molecule has 1 heterocycles. The predicted octanol–water partition coefficient (Wildman–Crippen LogP) is 3.44. The lowest BCUT2D eigenvalue weighted by atomic mass is 10.2. The number of rotatable bonds is 4. The van der Waals surface area contributed by atoms with E-state index < -0.39 is 0 Å².